The van der Waals surface area contributed by atoms with Crippen LogP contribution in [0.25, 0.3) is 0 Å². The minimum absolute atomic E-state index is 0.00213. The van der Waals surface area contributed by atoms with E-state index in [9.17, 15) is 0 Å². The molecule has 0 saturated heterocycles. The fourth-order valence-electron chi connectivity index (χ4n) is 1.11. The van der Waals surface area contributed by atoms with Gasteiger partial charge >= 0.3 is 0 Å². The molecule has 0 radical (unpaired) electrons. The highest BCUT2D eigenvalue weighted by Crippen LogP contribution is 2.15. The van der Waals surface area contributed by atoms with Crippen LogP contribution < -0.4 is 0 Å². The first-order valence-electron chi connectivity index (χ1n) is 4.26. The number of aliphatic hydroxyl groups excluding tert-OH is 1. The highest BCUT2D eigenvalue weighted by atomic mass is 16.5. The van der Waals surface area contributed by atoms with Crippen LogP contribution in [0.3, 0.4) is 0 Å². The second-order valence-electron chi connectivity index (χ2n) is 2.70. The van der Waals surface area contributed by atoms with Crippen molar-refractivity contribution in [2.24, 2.45) is 0 Å². The van der Waals surface area contributed by atoms with Crippen molar-refractivity contribution in [3.05, 3.63) is 48.6 Å². The van der Waals surface area contributed by atoms with Crippen LogP contribution in [0.15, 0.2) is 43.0 Å². The molecular formula is C11H14O2. The lowest BCUT2D eigenvalue weighted by Crippen LogP contribution is -2.08. The van der Waals surface area contributed by atoms with Crippen molar-refractivity contribution in [2.45, 2.75) is 6.10 Å². The van der Waals surface area contributed by atoms with Crippen LogP contribution >= 0.6 is 0 Å². The first-order chi connectivity index (χ1) is 6.38. The first kappa shape index (κ1) is 9.96. The zero-order chi connectivity index (χ0) is 9.52. The van der Waals surface area contributed by atoms with Crippen LogP contribution in [-0.2, 0) is 4.74 Å². The molecule has 0 aromatic heterocycles. The molecular weight excluding hydrogens is 164 g/mol. The van der Waals surface area contributed by atoms with Crippen molar-refractivity contribution in [1.82, 2.24) is 0 Å². The van der Waals surface area contributed by atoms with E-state index in [1.807, 2.05) is 30.3 Å². The number of benzene rings is 1. The Morgan fingerprint density at radius 1 is 1.38 bits per heavy atom. The summed E-state index contributed by atoms with van der Waals surface area (Å²) in [5.74, 6) is 0. The SMILES string of the molecule is C=CCO[C@@H](CO)c1ccccc1. The van der Waals surface area contributed by atoms with E-state index in [4.69, 9.17) is 9.84 Å². The quantitative estimate of drug-likeness (QED) is 0.698. The lowest BCUT2D eigenvalue weighted by Gasteiger charge is -2.14. The van der Waals surface area contributed by atoms with Crippen molar-refractivity contribution in [3.63, 3.8) is 0 Å². The zero-order valence-corrected chi connectivity index (χ0v) is 7.52. The van der Waals surface area contributed by atoms with E-state index in [1.165, 1.54) is 0 Å². The lowest BCUT2D eigenvalue weighted by molar-refractivity contribution is 0.0275. The highest BCUT2D eigenvalue weighted by Gasteiger charge is 2.08. The molecule has 0 spiro atoms. The summed E-state index contributed by atoms with van der Waals surface area (Å²) in [7, 11) is 0. The Morgan fingerprint density at radius 2 is 2.08 bits per heavy atom. The number of aliphatic hydroxyl groups is 1. The molecule has 0 aliphatic heterocycles. The number of hydrogen-bond acceptors (Lipinski definition) is 2. The summed E-state index contributed by atoms with van der Waals surface area (Å²) in [6.07, 6.45) is 1.44. The average molecular weight is 178 g/mol. The van der Waals surface area contributed by atoms with Gasteiger partial charge in [-0.2, -0.15) is 0 Å². The third-order valence-corrected chi connectivity index (χ3v) is 1.75. The van der Waals surface area contributed by atoms with E-state index < -0.39 is 0 Å². The van der Waals surface area contributed by atoms with Gasteiger partial charge < -0.3 is 9.84 Å². The Kier molecular flexibility index (Phi) is 4.23. The van der Waals surface area contributed by atoms with Gasteiger partial charge in [0.25, 0.3) is 0 Å². The average Bonchev–Trinajstić information content (AvgIpc) is 2.21. The van der Waals surface area contributed by atoms with E-state index >= 15 is 0 Å². The fourth-order valence-corrected chi connectivity index (χ4v) is 1.11. The largest absolute Gasteiger partial charge is 0.393 e. The molecule has 1 N–H and O–H groups in total. The van der Waals surface area contributed by atoms with Gasteiger partial charge in [-0.05, 0) is 5.56 Å². The number of ether oxygens (including phenoxy) is 1. The van der Waals surface area contributed by atoms with Gasteiger partial charge in [-0.15, -0.1) is 6.58 Å². The Morgan fingerprint density at radius 3 is 2.62 bits per heavy atom. The van der Waals surface area contributed by atoms with Crippen molar-refractivity contribution < 1.29 is 9.84 Å². The zero-order valence-electron chi connectivity index (χ0n) is 7.52. The summed E-state index contributed by atoms with van der Waals surface area (Å²) >= 11 is 0. The molecule has 0 aliphatic rings. The molecule has 13 heavy (non-hydrogen) atoms. The maximum atomic E-state index is 9.05. The summed E-state index contributed by atoms with van der Waals surface area (Å²) in [5, 5.41) is 9.05. The summed E-state index contributed by atoms with van der Waals surface area (Å²) in [6.45, 7) is 4.01. The van der Waals surface area contributed by atoms with Crippen LogP contribution in [0.5, 0.6) is 0 Å². The number of hydrogen-bond donors (Lipinski definition) is 1. The van der Waals surface area contributed by atoms with Crippen LogP contribution in [-0.4, -0.2) is 18.3 Å². The number of rotatable bonds is 5. The Bertz CT molecular complexity index is 244. The molecule has 2 nitrogen and oxygen atoms in total. The molecule has 1 atom stereocenters. The predicted octanol–water partition coefficient (Wildman–Crippen LogP) is 1.92. The Balaban J connectivity index is 2.61. The van der Waals surface area contributed by atoms with Crippen molar-refractivity contribution in [2.75, 3.05) is 13.2 Å². The summed E-state index contributed by atoms with van der Waals surface area (Å²) in [6, 6.07) is 9.66. The summed E-state index contributed by atoms with van der Waals surface area (Å²) < 4.78 is 5.36. The van der Waals surface area contributed by atoms with Gasteiger partial charge in [-0.1, -0.05) is 36.4 Å². The van der Waals surface area contributed by atoms with Crippen LogP contribution in [0.1, 0.15) is 11.7 Å². The first-order valence-corrected chi connectivity index (χ1v) is 4.26. The molecule has 0 amide bonds. The maximum Gasteiger partial charge on any atom is 0.106 e. The standard InChI is InChI=1S/C11H14O2/c1-2-8-13-11(9-12)10-6-4-3-5-7-10/h2-7,11-12H,1,8-9H2/t11-/m0/s1. The Labute approximate surface area is 78.5 Å². The third-order valence-electron chi connectivity index (χ3n) is 1.75. The fraction of sp³-hybridized carbons (Fsp3) is 0.273. The molecule has 0 heterocycles. The normalized spacial score (nSPS) is 12.4. The molecule has 70 valence electrons. The van der Waals surface area contributed by atoms with Gasteiger partial charge in [-0.3, -0.25) is 0 Å². The maximum absolute atomic E-state index is 9.05. The molecule has 1 aromatic rings. The second-order valence-corrected chi connectivity index (χ2v) is 2.70. The van der Waals surface area contributed by atoms with Gasteiger partial charge in [0, 0.05) is 0 Å². The minimum Gasteiger partial charge on any atom is -0.393 e. The third kappa shape index (κ3) is 3.01. The van der Waals surface area contributed by atoms with Crippen LogP contribution in [0.2, 0.25) is 0 Å². The highest BCUT2D eigenvalue weighted by molar-refractivity contribution is 5.17. The van der Waals surface area contributed by atoms with Crippen molar-refractivity contribution in [3.8, 4) is 0 Å². The summed E-state index contributed by atoms with van der Waals surface area (Å²) in [5.41, 5.74) is 0.992. The van der Waals surface area contributed by atoms with E-state index in [0.29, 0.717) is 6.61 Å². The molecule has 2 heteroatoms. The van der Waals surface area contributed by atoms with E-state index in [0.717, 1.165) is 5.56 Å². The minimum atomic E-state index is -0.237. The van der Waals surface area contributed by atoms with E-state index in [2.05, 4.69) is 6.58 Å². The van der Waals surface area contributed by atoms with Crippen LogP contribution in [0.4, 0.5) is 0 Å². The van der Waals surface area contributed by atoms with Gasteiger partial charge in [0.15, 0.2) is 0 Å². The topological polar surface area (TPSA) is 29.5 Å². The lowest BCUT2D eigenvalue weighted by atomic mass is 10.1. The van der Waals surface area contributed by atoms with Gasteiger partial charge in [0.1, 0.15) is 6.10 Å². The van der Waals surface area contributed by atoms with Crippen molar-refractivity contribution in [1.29, 1.82) is 0 Å². The van der Waals surface area contributed by atoms with E-state index in [-0.39, 0.29) is 12.7 Å². The van der Waals surface area contributed by atoms with E-state index in [1.54, 1.807) is 6.08 Å². The van der Waals surface area contributed by atoms with Gasteiger partial charge in [-0.25, -0.2) is 0 Å². The van der Waals surface area contributed by atoms with Crippen molar-refractivity contribution >= 4 is 0 Å². The molecule has 0 unspecified atom stereocenters. The summed E-state index contributed by atoms with van der Waals surface area (Å²) in [4.78, 5) is 0. The molecule has 0 aliphatic carbocycles. The predicted molar refractivity (Wildman–Crippen MR) is 52.4 cm³/mol. The molecule has 1 rings (SSSR count). The van der Waals surface area contributed by atoms with Crippen LogP contribution in [0, 0.1) is 0 Å². The smallest absolute Gasteiger partial charge is 0.106 e. The van der Waals surface area contributed by atoms with Gasteiger partial charge in [0.05, 0.1) is 13.2 Å². The Hall–Kier alpha value is -1.12. The molecule has 0 bridgehead atoms. The molecule has 0 fully saturated rings. The monoisotopic (exact) mass is 178 g/mol. The molecule has 1 aromatic carbocycles. The molecule has 0 saturated carbocycles. The van der Waals surface area contributed by atoms with Gasteiger partial charge in [0.2, 0.25) is 0 Å². The second kappa shape index (κ2) is 5.51.